The van der Waals surface area contributed by atoms with Gasteiger partial charge >= 0.3 is 5.69 Å². The molecule has 0 bridgehead atoms. The third-order valence-electron chi connectivity index (χ3n) is 3.03. The number of hydrogen-bond donors (Lipinski definition) is 2. The maximum absolute atomic E-state index is 12.2. The molecule has 6 heteroatoms. The second kappa shape index (κ2) is 5.54. The zero-order chi connectivity index (χ0) is 14.7. The van der Waals surface area contributed by atoms with Crippen LogP contribution in [0.1, 0.15) is 16.1 Å². The maximum Gasteiger partial charge on any atom is 0.346 e. The Morgan fingerprint density at radius 3 is 2.86 bits per heavy atom. The lowest BCUT2D eigenvalue weighted by atomic mass is 10.2. The van der Waals surface area contributed by atoms with Crippen molar-refractivity contribution >= 4 is 16.8 Å². The van der Waals surface area contributed by atoms with Crippen molar-refractivity contribution in [2.75, 3.05) is 0 Å². The number of carbonyl (C=O) groups is 1. The van der Waals surface area contributed by atoms with Gasteiger partial charge < -0.3 is 10.3 Å². The SMILES string of the molecule is O=C(NCc1cccnc1)c1nc(=O)[nH]c2ccccc12. The van der Waals surface area contributed by atoms with E-state index in [9.17, 15) is 9.59 Å². The summed E-state index contributed by atoms with van der Waals surface area (Å²) in [5, 5.41) is 3.35. The minimum Gasteiger partial charge on any atom is -0.347 e. The van der Waals surface area contributed by atoms with Crippen LogP contribution in [0.3, 0.4) is 0 Å². The number of aromatic nitrogens is 3. The molecule has 0 saturated carbocycles. The van der Waals surface area contributed by atoms with Crippen LogP contribution in [0.15, 0.2) is 53.6 Å². The van der Waals surface area contributed by atoms with E-state index in [-0.39, 0.29) is 11.6 Å². The molecular weight excluding hydrogens is 268 g/mol. The van der Waals surface area contributed by atoms with Gasteiger partial charge in [-0.25, -0.2) is 4.79 Å². The van der Waals surface area contributed by atoms with Crippen molar-refractivity contribution in [3.8, 4) is 0 Å². The average Bonchev–Trinajstić information content (AvgIpc) is 2.52. The number of fused-ring (bicyclic) bond motifs is 1. The van der Waals surface area contributed by atoms with Crippen molar-refractivity contribution < 1.29 is 4.79 Å². The highest BCUT2D eigenvalue weighted by atomic mass is 16.2. The van der Waals surface area contributed by atoms with Crippen molar-refractivity contribution in [3.63, 3.8) is 0 Å². The molecule has 0 aliphatic heterocycles. The molecule has 0 atom stereocenters. The molecule has 0 aliphatic carbocycles. The molecule has 1 amide bonds. The van der Waals surface area contributed by atoms with E-state index in [0.29, 0.717) is 17.4 Å². The number of aromatic amines is 1. The summed E-state index contributed by atoms with van der Waals surface area (Å²) < 4.78 is 0. The Kier molecular flexibility index (Phi) is 3.42. The predicted octanol–water partition coefficient (Wildman–Crippen LogP) is 1.25. The van der Waals surface area contributed by atoms with Crippen molar-refractivity contribution in [2.45, 2.75) is 6.54 Å². The highest BCUT2D eigenvalue weighted by Crippen LogP contribution is 2.12. The first-order valence-electron chi connectivity index (χ1n) is 6.40. The number of amides is 1. The number of pyridine rings is 1. The smallest absolute Gasteiger partial charge is 0.346 e. The van der Waals surface area contributed by atoms with Crippen LogP contribution in [-0.2, 0) is 6.54 Å². The fraction of sp³-hybridized carbons (Fsp3) is 0.0667. The fourth-order valence-corrected chi connectivity index (χ4v) is 2.05. The Bertz CT molecular complexity index is 843. The molecule has 0 fully saturated rings. The molecule has 104 valence electrons. The molecule has 3 rings (SSSR count). The molecule has 6 nitrogen and oxygen atoms in total. The van der Waals surface area contributed by atoms with Gasteiger partial charge in [-0.15, -0.1) is 0 Å². The number of carbonyl (C=O) groups excluding carboxylic acids is 1. The quantitative estimate of drug-likeness (QED) is 0.755. The Labute approximate surface area is 119 Å². The lowest BCUT2D eigenvalue weighted by Crippen LogP contribution is -2.27. The standard InChI is InChI=1S/C15H12N4O2/c20-14(17-9-10-4-3-7-16-8-10)13-11-5-1-2-6-12(11)18-15(21)19-13/h1-8H,9H2,(H,17,20)(H,18,19,21). The summed E-state index contributed by atoms with van der Waals surface area (Å²) in [7, 11) is 0. The number of rotatable bonds is 3. The summed E-state index contributed by atoms with van der Waals surface area (Å²) in [6.07, 6.45) is 3.33. The highest BCUT2D eigenvalue weighted by molar-refractivity contribution is 6.04. The monoisotopic (exact) mass is 280 g/mol. The first-order valence-corrected chi connectivity index (χ1v) is 6.40. The number of para-hydroxylation sites is 1. The number of nitrogens with zero attached hydrogens (tertiary/aromatic N) is 2. The van der Waals surface area contributed by atoms with Crippen LogP contribution in [0.25, 0.3) is 10.9 Å². The molecule has 0 saturated heterocycles. The first-order chi connectivity index (χ1) is 10.2. The molecule has 21 heavy (non-hydrogen) atoms. The second-order valence-electron chi connectivity index (χ2n) is 4.48. The summed E-state index contributed by atoms with van der Waals surface area (Å²) in [6, 6.07) is 10.7. The Balaban J connectivity index is 1.89. The predicted molar refractivity (Wildman–Crippen MR) is 77.8 cm³/mol. The highest BCUT2D eigenvalue weighted by Gasteiger charge is 2.12. The summed E-state index contributed by atoms with van der Waals surface area (Å²) in [6.45, 7) is 0.329. The third kappa shape index (κ3) is 2.79. The van der Waals surface area contributed by atoms with Gasteiger partial charge in [-0.3, -0.25) is 9.78 Å². The summed E-state index contributed by atoms with van der Waals surface area (Å²) in [5.74, 6) is -0.388. The van der Waals surface area contributed by atoms with E-state index in [4.69, 9.17) is 0 Å². The second-order valence-corrected chi connectivity index (χ2v) is 4.48. The van der Waals surface area contributed by atoms with Gasteiger partial charge in [0.25, 0.3) is 5.91 Å². The van der Waals surface area contributed by atoms with E-state index < -0.39 is 5.69 Å². The van der Waals surface area contributed by atoms with Crippen LogP contribution < -0.4 is 11.0 Å². The topological polar surface area (TPSA) is 87.7 Å². The molecule has 2 heterocycles. The van der Waals surface area contributed by atoms with E-state index in [1.165, 1.54) is 0 Å². The lowest BCUT2D eigenvalue weighted by Gasteiger charge is -2.06. The van der Waals surface area contributed by atoms with Crippen molar-refractivity contribution in [2.24, 2.45) is 0 Å². The zero-order valence-electron chi connectivity index (χ0n) is 11.0. The molecule has 0 aliphatic rings. The van der Waals surface area contributed by atoms with E-state index in [2.05, 4.69) is 20.3 Å². The van der Waals surface area contributed by atoms with Gasteiger partial charge in [-0.05, 0) is 17.7 Å². The first kappa shape index (κ1) is 13.0. The Morgan fingerprint density at radius 2 is 2.05 bits per heavy atom. The van der Waals surface area contributed by atoms with Crippen molar-refractivity contribution in [1.29, 1.82) is 0 Å². The van der Waals surface area contributed by atoms with E-state index in [1.807, 2.05) is 6.07 Å². The van der Waals surface area contributed by atoms with Gasteiger partial charge in [-0.2, -0.15) is 4.98 Å². The number of nitrogens with one attached hydrogen (secondary N) is 2. The molecular formula is C15H12N4O2. The molecule has 1 aromatic carbocycles. The van der Waals surface area contributed by atoms with Gasteiger partial charge in [-0.1, -0.05) is 24.3 Å². The molecule has 3 aromatic rings. The Morgan fingerprint density at radius 1 is 1.19 bits per heavy atom. The van der Waals surface area contributed by atoms with Gasteiger partial charge in [0.1, 0.15) is 5.69 Å². The van der Waals surface area contributed by atoms with Crippen LogP contribution in [-0.4, -0.2) is 20.9 Å². The van der Waals surface area contributed by atoms with Gasteiger partial charge in [0.2, 0.25) is 0 Å². The minimum absolute atomic E-state index is 0.123. The maximum atomic E-state index is 12.2. The molecule has 0 radical (unpaired) electrons. The van der Waals surface area contributed by atoms with Crippen LogP contribution in [0, 0.1) is 0 Å². The van der Waals surface area contributed by atoms with Crippen LogP contribution >= 0.6 is 0 Å². The van der Waals surface area contributed by atoms with Crippen LogP contribution in [0.5, 0.6) is 0 Å². The summed E-state index contributed by atoms with van der Waals surface area (Å²) in [5.41, 5.74) is 1.04. The number of benzene rings is 1. The molecule has 2 N–H and O–H groups in total. The summed E-state index contributed by atoms with van der Waals surface area (Å²) in [4.78, 5) is 34.1. The number of H-pyrrole nitrogens is 1. The van der Waals surface area contributed by atoms with Crippen molar-refractivity contribution in [3.05, 3.63) is 70.5 Å². The summed E-state index contributed by atoms with van der Waals surface area (Å²) >= 11 is 0. The van der Waals surface area contributed by atoms with E-state index in [0.717, 1.165) is 5.56 Å². The average molecular weight is 280 g/mol. The van der Waals surface area contributed by atoms with Crippen molar-refractivity contribution in [1.82, 2.24) is 20.3 Å². The lowest BCUT2D eigenvalue weighted by molar-refractivity contribution is 0.0947. The van der Waals surface area contributed by atoms with Gasteiger partial charge in [0, 0.05) is 24.3 Å². The Hall–Kier alpha value is -3.02. The van der Waals surface area contributed by atoms with Gasteiger partial charge in [0.05, 0.1) is 5.52 Å². The van der Waals surface area contributed by atoms with E-state index >= 15 is 0 Å². The van der Waals surface area contributed by atoms with Gasteiger partial charge in [0.15, 0.2) is 0 Å². The van der Waals surface area contributed by atoms with E-state index in [1.54, 1.807) is 42.7 Å². The normalized spacial score (nSPS) is 10.5. The minimum atomic E-state index is -0.541. The number of hydrogen-bond acceptors (Lipinski definition) is 4. The largest absolute Gasteiger partial charge is 0.347 e. The molecule has 2 aromatic heterocycles. The van der Waals surface area contributed by atoms with Crippen LogP contribution in [0.4, 0.5) is 0 Å². The molecule has 0 spiro atoms. The third-order valence-corrected chi connectivity index (χ3v) is 3.03. The zero-order valence-corrected chi connectivity index (χ0v) is 11.0. The fourth-order valence-electron chi connectivity index (χ4n) is 2.05. The van der Waals surface area contributed by atoms with Crippen LogP contribution in [0.2, 0.25) is 0 Å². The molecule has 0 unspecified atom stereocenters.